The van der Waals surface area contributed by atoms with Crippen LogP contribution in [0.5, 0.6) is 0 Å². The molecule has 0 heterocycles. The second-order valence-electron chi connectivity index (χ2n) is 3.18. The number of halogens is 1. The van der Waals surface area contributed by atoms with Gasteiger partial charge in [-0.1, -0.05) is 11.2 Å². The first kappa shape index (κ1) is 11.3. The standard InChI is InChI=1S/C10H14FN3O/c1-7-8(11)3-2-4-9(7)13-6-5-10(12)14-15/h2-4,13,15H,5-6H2,1H3,(H2,12,14). The van der Waals surface area contributed by atoms with Crippen molar-refractivity contribution in [2.45, 2.75) is 13.3 Å². The Kier molecular flexibility index (Phi) is 3.91. The maximum Gasteiger partial charge on any atom is 0.140 e. The fourth-order valence-corrected chi connectivity index (χ4v) is 1.17. The van der Waals surface area contributed by atoms with E-state index in [1.54, 1.807) is 19.1 Å². The minimum absolute atomic E-state index is 0.150. The third-order valence-electron chi connectivity index (χ3n) is 2.09. The molecule has 0 aromatic heterocycles. The minimum Gasteiger partial charge on any atom is -0.409 e. The Hall–Kier alpha value is -1.78. The number of nitrogens with one attached hydrogen (secondary N) is 1. The summed E-state index contributed by atoms with van der Waals surface area (Å²) in [6.07, 6.45) is 0.409. The molecule has 4 nitrogen and oxygen atoms in total. The summed E-state index contributed by atoms with van der Waals surface area (Å²) in [6.45, 7) is 2.20. The number of rotatable bonds is 4. The summed E-state index contributed by atoms with van der Waals surface area (Å²) >= 11 is 0. The van der Waals surface area contributed by atoms with Gasteiger partial charge in [-0.05, 0) is 19.1 Å². The van der Waals surface area contributed by atoms with Gasteiger partial charge in [0.05, 0.1) is 0 Å². The molecule has 0 radical (unpaired) electrons. The molecule has 0 bridgehead atoms. The van der Waals surface area contributed by atoms with Gasteiger partial charge >= 0.3 is 0 Å². The van der Waals surface area contributed by atoms with E-state index in [-0.39, 0.29) is 11.7 Å². The Morgan fingerprint density at radius 1 is 1.60 bits per heavy atom. The molecule has 0 spiro atoms. The Morgan fingerprint density at radius 3 is 3.00 bits per heavy atom. The number of oxime groups is 1. The Morgan fingerprint density at radius 2 is 2.33 bits per heavy atom. The van der Waals surface area contributed by atoms with E-state index >= 15 is 0 Å². The van der Waals surface area contributed by atoms with Crippen molar-refractivity contribution < 1.29 is 9.60 Å². The highest BCUT2D eigenvalue weighted by Gasteiger charge is 2.02. The highest BCUT2D eigenvalue weighted by molar-refractivity contribution is 5.80. The highest BCUT2D eigenvalue weighted by atomic mass is 19.1. The molecule has 1 rings (SSSR count). The van der Waals surface area contributed by atoms with Crippen LogP contribution < -0.4 is 11.1 Å². The molecule has 0 aliphatic rings. The summed E-state index contributed by atoms with van der Waals surface area (Å²) in [5.74, 6) is -0.0969. The minimum atomic E-state index is -0.246. The quantitative estimate of drug-likeness (QED) is 0.307. The van der Waals surface area contributed by atoms with Crippen molar-refractivity contribution in [3.63, 3.8) is 0 Å². The van der Waals surface area contributed by atoms with E-state index in [0.717, 1.165) is 5.69 Å². The predicted octanol–water partition coefficient (Wildman–Crippen LogP) is 1.68. The van der Waals surface area contributed by atoms with Gasteiger partial charge in [-0.2, -0.15) is 0 Å². The van der Waals surface area contributed by atoms with Crippen LogP contribution in [0.25, 0.3) is 0 Å². The zero-order valence-corrected chi connectivity index (χ0v) is 8.50. The largest absolute Gasteiger partial charge is 0.409 e. The van der Waals surface area contributed by atoms with Crippen molar-refractivity contribution in [2.24, 2.45) is 10.9 Å². The van der Waals surface area contributed by atoms with Crippen LogP contribution in [0.4, 0.5) is 10.1 Å². The van der Waals surface area contributed by atoms with Crippen LogP contribution >= 0.6 is 0 Å². The molecule has 0 aliphatic heterocycles. The van der Waals surface area contributed by atoms with Gasteiger partial charge in [-0.3, -0.25) is 0 Å². The second kappa shape index (κ2) is 5.19. The summed E-state index contributed by atoms with van der Waals surface area (Å²) in [7, 11) is 0. The van der Waals surface area contributed by atoms with Crippen molar-refractivity contribution in [1.82, 2.24) is 0 Å². The van der Waals surface area contributed by atoms with Gasteiger partial charge in [0.25, 0.3) is 0 Å². The number of anilines is 1. The number of nitrogens with two attached hydrogens (primary N) is 1. The van der Waals surface area contributed by atoms with Gasteiger partial charge in [0.15, 0.2) is 0 Å². The number of hydrogen-bond acceptors (Lipinski definition) is 3. The lowest BCUT2D eigenvalue weighted by Gasteiger charge is -2.09. The van der Waals surface area contributed by atoms with Crippen LogP contribution in [0, 0.1) is 12.7 Å². The average Bonchev–Trinajstić information content (AvgIpc) is 2.24. The summed E-state index contributed by atoms with van der Waals surface area (Å²) in [5.41, 5.74) is 6.58. The molecule has 1 aromatic carbocycles. The lowest BCUT2D eigenvalue weighted by atomic mass is 10.2. The second-order valence-corrected chi connectivity index (χ2v) is 3.18. The molecule has 0 aliphatic carbocycles. The van der Waals surface area contributed by atoms with Crippen molar-refractivity contribution in [3.8, 4) is 0 Å². The molecule has 0 atom stereocenters. The summed E-state index contributed by atoms with van der Waals surface area (Å²) in [4.78, 5) is 0. The fraction of sp³-hybridized carbons (Fsp3) is 0.300. The molecular formula is C10H14FN3O. The highest BCUT2D eigenvalue weighted by Crippen LogP contribution is 2.16. The van der Waals surface area contributed by atoms with Crippen LogP contribution in [0.1, 0.15) is 12.0 Å². The smallest absolute Gasteiger partial charge is 0.140 e. The normalized spacial score (nSPS) is 11.5. The van der Waals surface area contributed by atoms with Crippen molar-refractivity contribution in [3.05, 3.63) is 29.6 Å². The lowest BCUT2D eigenvalue weighted by Crippen LogP contribution is -2.16. The van der Waals surface area contributed by atoms with Gasteiger partial charge in [-0.15, -0.1) is 0 Å². The van der Waals surface area contributed by atoms with Crippen LogP contribution in [0.15, 0.2) is 23.4 Å². The van der Waals surface area contributed by atoms with E-state index in [1.165, 1.54) is 6.07 Å². The molecule has 0 unspecified atom stereocenters. The predicted molar refractivity (Wildman–Crippen MR) is 57.7 cm³/mol. The van der Waals surface area contributed by atoms with E-state index in [1.807, 2.05) is 0 Å². The molecule has 0 saturated carbocycles. The van der Waals surface area contributed by atoms with Crippen molar-refractivity contribution in [2.75, 3.05) is 11.9 Å². The topological polar surface area (TPSA) is 70.6 Å². The van der Waals surface area contributed by atoms with Gasteiger partial charge < -0.3 is 16.3 Å². The maximum atomic E-state index is 13.1. The van der Waals surface area contributed by atoms with Gasteiger partial charge in [0.1, 0.15) is 11.7 Å². The first-order valence-electron chi connectivity index (χ1n) is 4.60. The van der Waals surface area contributed by atoms with Crippen LogP contribution in [-0.4, -0.2) is 17.6 Å². The van der Waals surface area contributed by atoms with Crippen LogP contribution in [0.3, 0.4) is 0 Å². The van der Waals surface area contributed by atoms with E-state index in [0.29, 0.717) is 18.5 Å². The van der Waals surface area contributed by atoms with Gasteiger partial charge in [-0.25, -0.2) is 4.39 Å². The number of amidine groups is 1. The maximum absolute atomic E-state index is 13.1. The summed E-state index contributed by atoms with van der Waals surface area (Å²) < 4.78 is 13.1. The number of hydrogen-bond donors (Lipinski definition) is 3. The molecule has 0 amide bonds. The van der Waals surface area contributed by atoms with Crippen molar-refractivity contribution in [1.29, 1.82) is 0 Å². The lowest BCUT2D eigenvalue weighted by molar-refractivity contribution is 0.317. The van der Waals surface area contributed by atoms with E-state index in [2.05, 4.69) is 10.5 Å². The fourth-order valence-electron chi connectivity index (χ4n) is 1.17. The van der Waals surface area contributed by atoms with E-state index in [4.69, 9.17) is 10.9 Å². The molecule has 0 saturated heterocycles. The van der Waals surface area contributed by atoms with Gasteiger partial charge in [0.2, 0.25) is 0 Å². The van der Waals surface area contributed by atoms with E-state index < -0.39 is 0 Å². The Labute approximate surface area is 87.6 Å². The first-order chi connectivity index (χ1) is 7.15. The summed E-state index contributed by atoms with van der Waals surface area (Å²) in [5, 5.41) is 14.2. The third-order valence-corrected chi connectivity index (χ3v) is 2.09. The molecule has 5 heteroatoms. The average molecular weight is 211 g/mol. The first-order valence-corrected chi connectivity index (χ1v) is 4.60. The molecule has 0 fully saturated rings. The van der Waals surface area contributed by atoms with Crippen LogP contribution in [0.2, 0.25) is 0 Å². The Bertz CT molecular complexity index is 366. The van der Waals surface area contributed by atoms with E-state index in [9.17, 15) is 4.39 Å². The molecule has 82 valence electrons. The molecular weight excluding hydrogens is 197 g/mol. The number of nitrogens with zero attached hydrogens (tertiary/aromatic N) is 1. The molecule has 4 N–H and O–H groups in total. The summed E-state index contributed by atoms with van der Waals surface area (Å²) in [6, 6.07) is 4.82. The third kappa shape index (κ3) is 3.12. The van der Waals surface area contributed by atoms with Gasteiger partial charge in [0, 0.05) is 24.2 Å². The van der Waals surface area contributed by atoms with Crippen molar-refractivity contribution >= 4 is 11.5 Å². The zero-order chi connectivity index (χ0) is 11.3. The van der Waals surface area contributed by atoms with Crippen LogP contribution in [-0.2, 0) is 0 Å². The number of benzene rings is 1. The monoisotopic (exact) mass is 211 g/mol. The molecule has 15 heavy (non-hydrogen) atoms. The molecule has 1 aromatic rings. The Balaban J connectivity index is 2.55. The zero-order valence-electron chi connectivity index (χ0n) is 8.50. The SMILES string of the molecule is Cc1c(F)cccc1NCCC(N)=NO.